The molecule has 5 heteroatoms. The highest BCUT2D eigenvalue weighted by molar-refractivity contribution is 5.82. The summed E-state index contributed by atoms with van der Waals surface area (Å²) in [6, 6.07) is 7.97. The van der Waals surface area contributed by atoms with Crippen molar-refractivity contribution in [2.24, 2.45) is 0 Å². The second-order valence-electron chi connectivity index (χ2n) is 3.65. The van der Waals surface area contributed by atoms with Gasteiger partial charge in [-0.3, -0.25) is 4.40 Å². The van der Waals surface area contributed by atoms with E-state index in [0.29, 0.717) is 11.4 Å². The SMILES string of the molecule is c1ccc2c(c1)nc1nc3nc[nH]c3cn12. The van der Waals surface area contributed by atoms with Gasteiger partial charge in [-0.1, -0.05) is 12.1 Å². The minimum Gasteiger partial charge on any atom is -0.342 e. The third-order valence-corrected chi connectivity index (χ3v) is 2.69. The summed E-state index contributed by atoms with van der Waals surface area (Å²) in [5, 5.41) is 0. The molecule has 0 aliphatic rings. The van der Waals surface area contributed by atoms with Gasteiger partial charge in [0.1, 0.15) is 5.52 Å². The van der Waals surface area contributed by atoms with Crippen LogP contribution in [0.3, 0.4) is 0 Å². The highest BCUT2D eigenvalue weighted by Crippen LogP contribution is 2.17. The fraction of sp³-hybridized carbons (Fsp3) is 0. The van der Waals surface area contributed by atoms with Crippen molar-refractivity contribution in [3.63, 3.8) is 0 Å². The Hall–Kier alpha value is -2.43. The van der Waals surface area contributed by atoms with E-state index in [2.05, 4.69) is 19.9 Å². The molecule has 1 N–H and O–H groups in total. The fourth-order valence-corrected chi connectivity index (χ4v) is 1.94. The summed E-state index contributed by atoms with van der Waals surface area (Å²) in [7, 11) is 0. The zero-order valence-corrected chi connectivity index (χ0v) is 8.25. The third kappa shape index (κ3) is 0.869. The molecule has 3 heterocycles. The summed E-state index contributed by atoms with van der Waals surface area (Å²) in [4.78, 5) is 16.0. The van der Waals surface area contributed by atoms with E-state index < -0.39 is 0 Å². The van der Waals surface area contributed by atoms with E-state index in [1.165, 1.54) is 0 Å². The molecule has 0 aliphatic heterocycles. The molecule has 0 unspecified atom stereocenters. The number of fused-ring (bicyclic) bond motifs is 4. The molecule has 76 valence electrons. The summed E-state index contributed by atoms with van der Waals surface area (Å²) >= 11 is 0. The molecule has 0 atom stereocenters. The minimum absolute atomic E-state index is 0.681. The van der Waals surface area contributed by atoms with Gasteiger partial charge in [0, 0.05) is 6.20 Å². The lowest BCUT2D eigenvalue weighted by Crippen LogP contribution is -1.88. The van der Waals surface area contributed by atoms with Crippen LogP contribution in [0.4, 0.5) is 0 Å². The summed E-state index contributed by atoms with van der Waals surface area (Å²) in [5.74, 6) is 0.681. The van der Waals surface area contributed by atoms with Crippen LogP contribution in [-0.2, 0) is 0 Å². The van der Waals surface area contributed by atoms with Crippen LogP contribution in [0, 0.1) is 0 Å². The summed E-state index contributed by atoms with van der Waals surface area (Å²) in [5.41, 5.74) is 3.61. The van der Waals surface area contributed by atoms with Gasteiger partial charge in [0.2, 0.25) is 5.78 Å². The predicted octanol–water partition coefficient (Wildman–Crippen LogP) is 1.76. The van der Waals surface area contributed by atoms with Gasteiger partial charge in [-0.25, -0.2) is 9.97 Å². The number of hydrogen-bond acceptors (Lipinski definition) is 3. The first-order chi connectivity index (χ1) is 7.92. The number of nitrogens with one attached hydrogen (secondary N) is 1. The molecule has 0 saturated carbocycles. The summed E-state index contributed by atoms with van der Waals surface area (Å²) in [6.45, 7) is 0. The maximum Gasteiger partial charge on any atom is 0.237 e. The number of rotatable bonds is 0. The van der Waals surface area contributed by atoms with Crippen molar-refractivity contribution >= 4 is 28.0 Å². The number of H-pyrrole nitrogens is 1. The smallest absolute Gasteiger partial charge is 0.237 e. The normalized spacial score (nSPS) is 11.8. The Morgan fingerprint density at radius 3 is 3.06 bits per heavy atom. The predicted molar refractivity (Wildman–Crippen MR) is 60.1 cm³/mol. The van der Waals surface area contributed by atoms with E-state index in [0.717, 1.165) is 16.6 Å². The average molecular weight is 209 g/mol. The van der Waals surface area contributed by atoms with E-state index >= 15 is 0 Å². The van der Waals surface area contributed by atoms with Gasteiger partial charge in [0.05, 0.1) is 17.4 Å². The van der Waals surface area contributed by atoms with Crippen LogP contribution < -0.4 is 0 Å². The molecule has 0 aliphatic carbocycles. The topological polar surface area (TPSA) is 58.9 Å². The number of aromatic nitrogens is 5. The second-order valence-corrected chi connectivity index (χ2v) is 3.65. The summed E-state index contributed by atoms with van der Waals surface area (Å²) < 4.78 is 1.97. The lowest BCUT2D eigenvalue weighted by atomic mass is 10.3. The number of imidazole rings is 2. The molecule has 0 fully saturated rings. The second kappa shape index (κ2) is 2.57. The van der Waals surface area contributed by atoms with Gasteiger partial charge in [0.15, 0.2) is 5.65 Å². The molecular formula is C11H7N5. The van der Waals surface area contributed by atoms with Crippen molar-refractivity contribution < 1.29 is 0 Å². The van der Waals surface area contributed by atoms with Gasteiger partial charge in [0.25, 0.3) is 0 Å². The van der Waals surface area contributed by atoms with Crippen LogP contribution in [0.5, 0.6) is 0 Å². The molecular weight excluding hydrogens is 202 g/mol. The summed E-state index contributed by atoms with van der Waals surface area (Å²) in [6.07, 6.45) is 3.61. The molecule has 0 spiro atoms. The zero-order valence-electron chi connectivity index (χ0n) is 8.25. The average Bonchev–Trinajstić information content (AvgIpc) is 2.88. The van der Waals surface area contributed by atoms with Crippen LogP contribution in [-0.4, -0.2) is 24.3 Å². The largest absolute Gasteiger partial charge is 0.342 e. The molecule has 16 heavy (non-hydrogen) atoms. The third-order valence-electron chi connectivity index (χ3n) is 2.69. The first kappa shape index (κ1) is 7.81. The maximum atomic E-state index is 4.44. The van der Waals surface area contributed by atoms with Gasteiger partial charge >= 0.3 is 0 Å². The van der Waals surface area contributed by atoms with Crippen LogP contribution in [0.2, 0.25) is 0 Å². The van der Waals surface area contributed by atoms with Crippen molar-refractivity contribution in [3.05, 3.63) is 36.8 Å². The van der Waals surface area contributed by atoms with E-state index in [9.17, 15) is 0 Å². The van der Waals surface area contributed by atoms with E-state index in [-0.39, 0.29) is 0 Å². The van der Waals surface area contributed by atoms with Crippen LogP contribution >= 0.6 is 0 Å². The fourth-order valence-electron chi connectivity index (χ4n) is 1.94. The Morgan fingerprint density at radius 1 is 1.12 bits per heavy atom. The number of nitrogens with zero attached hydrogens (tertiary/aromatic N) is 4. The van der Waals surface area contributed by atoms with Crippen molar-refractivity contribution in [2.75, 3.05) is 0 Å². The number of para-hydroxylation sites is 2. The molecule has 1 aromatic carbocycles. The lowest BCUT2D eigenvalue weighted by molar-refractivity contribution is 1.16. The highest BCUT2D eigenvalue weighted by atomic mass is 15.1. The maximum absolute atomic E-state index is 4.44. The van der Waals surface area contributed by atoms with Gasteiger partial charge in [-0.15, -0.1) is 0 Å². The van der Waals surface area contributed by atoms with Crippen molar-refractivity contribution in [2.45, 2.75) is 0 Å². The van der Waals surface area contributed by atoms with E-state index in [4.69, 9.17) is 0 Å². The van der Waals surface area contributed by atoms with Crippen molar-refractivity contribution in [1.82, 2.24) is 24.3 Å². The van der Waals surface area contributed by atoms with Gasteiger partial charge in [-0.2, -0.15) is 4.98 Å². The number of hydrogen-bond donors (Lipinski definition) is 1. The number of aromatic amines is 1. The Bertz CT molecular complexity index is 811. The molecule has 0 radical (unpaired) electrons. The molecule has 4 rings (SSSR count). The lowest BCUT2D eigenvalue weighted by Gasteiger charge is -1.93. The Balaban J connectivity index is 2.32. The van der Waals surface area contributed by atoms with Crippen LogP contribution in [0.15, 0.2) is 36.8 Å². The van der Waals surface area contributed by atoms with Crippen molar-refractivity contribution in [1.29, 1.82) is 0 Å². The monoisotopic (exact) mass is 209 g/mol. The molecule has 0 bridgehead atoms. The van der Waals surface area contributed by atoms with E-state index in [1.54, 1.807) is 6.33 Å². The first-order valence-corrected chi connectivity index (χ1v) is 4.99. The van der Waals surface area contributed by atoms with Crippen LogP contribution in [0.25, 0.3) is 28.0 Å². The number of benzene rings is 1. The molecule has 4 aromatic rings. The quantitative estimate of drug-likeness (QED) is 0.480. The van der Waals surface area contributed by atoms with Gasteiger partial charge < -0.3 is 4.98 Å². The standard InChI is InChI=1S/C11H7N5/c1-2-4-9-7(3-1)14-11-15-10-8(5-16(9)11)12-6-13-10/h1-6H,(H,12,13,14,15). The minimum atomic E-state index is 0.681. The molecule has 0 amide bonds. The van der Waals surface area contributed by atoms with Crippen LogP contribution in [0.1, 0.15) is 0 Å². The van der Waals surface area contributed by atoms with Crippen molar-refractivity contribution in [3.8, 4) is 0 Å². The first-order valence-electron chi connectivity index (χ1n) is 4.99. The Labute approximate surface area is 89.8 Å². The molecule has 0 saturated heterocycles. The molecule has 5 nitrogen and oxygen atoms in total. The Morgan fingerprint density at radius 2 is 2.06 bits per heavy atom. The van der Waals surface area contributed by atoms with Gasteiger partial charge in [-0.05, 0) is 12.1 Å². The zero-order chi connectivity index (χ0) is 10.5. The Kier molecular flexibility index (Phi) is 1.26. The molecule has 3 aromatic heterocycles. The van der Waals surface area contributed by atoms with E-state index in [1.807, 2.05) is 34.9 Å². The highest BCUT2D eigenvalue weighted by Gasteiger charge is 2.06.